The van der Waals surface area contributed by atoms with Gasteiger partial charge in [0, 0.05) is 10.7 Å². The third kappa shape index (κ3) is 3.17. The number of esters is 1. The van der Waals surface area contributed by atoms with E-state index in [1.54, 1.807) is 25.1 Å². The Hall–Kier alpha value is -2.61. The smallest absolute Gasteiger partial charge is 0.362 e. The molecule has 0 spiro atoms. The molecular weight excluding hydrogens is 310 g/mol. The van der Waals surface area contributed by atoms with Gasteiger partial charge in [-0.1, -0.05) is 22.9 Å². The van der Waals surface area contributed by atoms with Crippen LogP contribution in [0.5, 0.6) is 0 Å². The fourth-order valence-corrected chi connectivity index (χ4v) is 1.92. The van der Waals surface area contributed by atoms with Gasteiger partial charge in [-0.05, 0) is 24.6 Å². The molecule has 0 unspecified atom stereocenters. The summed E-state index contributed by atoms with van der Waals surface area (Å²) in [6.45, 7) is 1.60. The van der Waals surface area contributed by atoms with E-state index >= 15 is 0 Å². The lowest BCUT2D eigenvalue weighted by Gasteiger charge is -2.09. The number of halogens is 1. The van der Waals surface area contributed by atoms with Crippen LogP contribution in [0.1, 0.15) is 16.1 Å². The van der Waals surface area contributed by atoms with Crippen LogP contribution in [-0.2, 0) is 16.1 Å². The lowest BCUT2D eigenvalue weighted by atomic mass is 10.2. The zero-order valence-electron chi connectivity index (χ0n) is 12.0. The Morgan fingerprint density at radius 2 is 2.18 bits per heavy atom. The van der Waals surface area contributed by atoms with E-state index in [0.717, 1.165) is 10.2 Å². The van der Waals surface area contributed by atoms with Gasteiger partial charge >= 0.3 is 5.97 Å². The number of hydrogen-bond donors (Lipinski definition) is 2. The molecule has 0 radical (unpaired) electrons. The predicted molar refractivity (Wildman–Crippen MR) is 80.6 cm³/mol. The minimum atomic E-state index is -0.713. The van der Waals surface area contributed by atoms with Crippen LogP contribution in [-0.4, -0.2) is 34.0 Å². The zero-order valence-corrected chi connectivity index (χ0v) is 12.7. The molecule has 8 nitrogen and oxygen atoms in total. The molecular formula is C13H14ClN5O3. The summed E-state index contributed by atoms with van der Waals surface area (Å²) in [5.74, 6) is -1.13. The fourth-order valence-electron chi connectivity index (χ4n) is 1.75. The lowest BCUT2D eigenvalue weighted by Crippen LogP contribution is -2.21. The number of hydrogen-bond acceptors (Lipinski definition) is 6. The minimum absolute atomic E-state index is 0.0372. The van der Waals surface area contributed by atoms with Crippen LogP contribution in [0.3, 0.4) is 0 Å². The van der Waals surface area contributed by atoms with E-state index in [1.807, 2.05) is 0 Å². The number of nitrogens with one attached hydrogen (secondary N) is 1. The molecule has 9 heteroatoms. The van der Waals surface area contributed by atoms with E-state index in [9.17, 15) is 9.59 Å². The Morgan fingerprint density at radius 1 is 1.45 bits per heavy atom. The van der Waals surface area contributed by atoms with Crippen LogP contribution < -0.4 is 11.1 Å². The van der Waals surface area contributed by atoms with E-state index in [-0.39, 0.29) is 24.0 Å². The number of nitrogen functional groups attached to an aromatic ring is 1. The molecule has 3 N–H and O–H groups in total. The average molecular weight is 324 g/mol. The Bertz CT molecular complexity index is 728. The van der Waals surface area contributed by atoms with Gasteiger partial charge < -0.3 is 15.8 Å². The number of nitrogens with zero attached hydrogens (tertiary/aromatic N) is 3. The molecule has 0 bridgehead atoms. The maximum atomic E-state index is 12.0. The number of anilines is 2. The summed E-state index contributed by atoms with van der Waals surface area (Å²) in [5, 5.41) is 10.5. The Labute approximate surface area is 131 Å². The molecule has 1 heterocycles. The highest BCUT2D eigenvalue weighted by atomic mass is 35.5. The highest BCUT2D eigenvalue weighted by Gasteiger charge is 2.19. The van der Waals surface area contributed by atoms with Crippen molar-refractivity contribution in [2.24, 2.45) is 0 Å². The van der Waals surface area contributed by atoms with Gasteiger partial charge in [0.25, 0.3) is 0 Å². The first-order valence-corrected chi connectivity index (χ1v) is 6.64. The van der Waals surface area contributed by atoms with Crippen molar-refractivity contribution in [3.63, 3.8) is 0 Å². The number of benzene rings is 1. The van der Waals surface area contributed by atoms with Gasteiger partial charge in [-0.2, -0.15) is 0 Å². The van der Waals surface area contributed by atoms with Crippen LogP contribution in [0.4, 0.5) is 11.5 Å². The molecule has 1 aromatic carbocycles. The Kier molecular flexibility index (Phi) is 4.62. The highest BCUT2D eigenvalue weighted by Crippen LogP contribution is 2.23. The topological polar surface area (TPSA) is 112 Å². The number of carbonyl (C=O) groups excluding carboxylic acids is 2. The first-order valence-electron chi connectivity index (χ1n) is 6.26. The number of amides is 1. The lowest BCUT2D eigenvalue weighted by molar-refractivity contribution is -0.116. The molecule has 0 aliphatic heterocycles. The number of ether oxygens (including phenoxy) is 1. The first kappa shape index (κ1) is 15.8. The minimum Gasteiger partial charge on any atom is -0.464 e. The van der Waals surface area contributed by atoms with Crippen molar-refractivity contribution >= 4 is 35.0 Å². The molecule has 0 atom stereocenters. The number of aromatic nitrogens is 3. The SMILES string of the molecule is COC(=O)c1nnn(CC(=O)Nc2cccc(Cl)c2C)c1N. The van der Waals surface area contributed by atoms with E-state index < -0.39 is 5.97 Å². The van der Waals surface area contributed by atoms with Gasteiger partial charge in [0.05, 0.1) is 7.11 Å². The summed E-state index contributed by atoms with van der Waals surface area (Å²) in [6.07, 6.45) is 0. The predicted octanol–water partition coefficient (Wildman–Crippen LogP) is 1.25. The van der Waals surface area contributed by atoms with Crippen molar-refractivity contribution < 1.29 is 14.3 Å². The number of nitrogens with two attached hydrogens (primary N) is 1. The summed E-state index contributed by atoms with van der Waals surface area (Å²) >= 11 is 5.99. The number of rotatable bonds is 4. The molecule has 1 amide bonds. The third-order valence-corrected chi connectivity index (χ3v) is 3.40. The molecule has 2 aromatic rings. The third-order valence-electron chi connectivity index (χ3n) is 2.99. The van der Waals surface area contributed by atoms with Gasteiger partial charge in [-0.15, -0.1) is 5.10 Å². The molecule has 22 heavy (non-hydrogen) atoms. The summed E-state index contributed by atoms with van der Waals surface area (Å²) in [4.78, 5) is 23.4. The van der Waals surface area contributed by atoms with Gasteiger partial charge in [0.1, 0.15) is 6.54 Å². The molecule has 0 aliphatic carbocycles. The van der Waals surface area contributed by atoms with Gasteiger partial charge in [0.15, 0.2) is 5.82 Å². The number of methoxy groups -OCH3 is 1. The second-order valence-corrected chi connectivity index (χ2v) is 4.84. The van der Waals surface area contributed by atoms with Crippen LogP contribution >= 0.6 is 11.6 Å². The monoisotopic (exact) mass is 323 g/mol. The summed E-state index contributed by atoms with van der Waals surface area (Å²) in [6, 6.07) is 5.18. The average Bonchev–Trinajstić information content (AvgIpc) is 2.84. The highest BCUT2D eigenvalue weighted by molar-refractivity contribution is 6.31. The maximum absolute atomic E-state index is 12.0. The Balaban J connectivity index is 2.11. The van der Waals surface area contributed by atoms with Crippen molar-refractivity contribution in [1.82, 2.24) is 15.0 Å². The second kappa shape index (κ2) is 6.44. The molecule has 0 saturated carbocycles. The molecule has 2 rings (SSSR count). The fraction of sp³-hybridized carbons (Fsp3) is 0.231. The molecule has 0 aliphatic rings. The largest absolute Gasteiger partial charge is 0.464 e. The maximum Gasteiger partial charge on any atom is 0.362 e. The second-order valence-electron chi connectivity index (χ2n) is 4.43. The van der Waals surface area contributed by atoms with E-state index in [4.69, 9.17) is 17.3 Å². The van der Waals surface area contributed by atoms with Crippen LogP contribution in [0.25, 0.3) is 0 Å². The number of carbonyl (C=O) groups is 2. The Morgan fingerprint density at radius 3 is 2.86 bits per heavy atom. The molecule has 116 valence electrons. The normalized spacial score (nSPS) is 10.3. The van der Waals surface area contributed by atoms with Crippen molar-refractivity contribution in [2.45, 2.75) is 13.5 Å². The van der Waals surface area contributed by atoms with Crippen molar-refractivity contribution in [2.75, 3.05) is 18.2 Å². The van der Waals surface area contributed by atoms with Gasteiger partial charge in [-0.25, -0.2) is 9.48 Å². The summed E-state index contributed by atoms with van der Waals surface area (Å²) < 4.78 is 5.62. The summed E-state index contributed by atoms with van der Waals surface area (Å²) in [5.41, 5.74) is 6.92. The van der Waals surface area contributed by atoms with E-state index in [2.05, 4.69) is 20.4 Å². The standard InChI is InChI=1S/C13H14ClN5O3/c1-7-8(14)4-3-5-9(7)16-10(20)6-19-12(15)11(17-18-19)13(21)22-2/h3-5H,6,15H2,1-2H3,(H,16,20). The van der Waals surface area contributed by atoms with Crippen molar-refractivity contribution in [3.05, 3.63) is 34.5 Å². The van der Waals surface area contributed by atoms with E-state index in [1.165, 1.54) is 7.11 Å². The quantitative estimate of drug-likeness (QED) is 0.819. The first-order chi connectivity index (χ1) is 10.4. The van der Waals surface area contributed by atoms with Gasteiger partial charge in [-0.3, -0.25) is 4.79 Å². The summed E-state index contributed by atoms with van der Waals surface area (Å²) in [7, 11) is 1.20. The zero-order chi connectivity index (χ0) is 16.3. The van der Waals surface area contributed by atoms with Crippen LogP contribution in [0, 0.1) is 6.92 Å². The van der Waals surface area contributed by atoms with Crippen molar-refractivity contribution in [1.29, 1.82) is 0 Å². The molecule has 1 aromatic heterocycles. The molecule has 0 saturated heterocycles. The van der Waals surface area contributed by atoms with Crippen molar-refractivity contribution in [3.8, 4) is 0 Å². The van der Waals surface area contributed by atoms with Gasteiger partial charge in [0.2, 0.25) is 11.6 Å². The van der Waals surface area contributed by atoms with Crippen LogP contribution in [0.15, 0.2) is 18.2 Å². The van der Waals surface area contributed by atoms with Crippen LogP contribution in [0.2, 0.25) is 5.02 Å². The molecule has 0 fully saturated rings. The van der Waals surface area contributed by atoms with E-state index in [0.29, 0.717) is 10.7 Å².